The van der Waals surface area contributed by atoms with Gasteiger partial charge in [-0.05, 0) is 0 Å². The Kier molecular flexibility index (Phi) is 10.9. The van der Waals surface area contributed by atoms with Crippen molar-refractivity contribution in [2.75, 3.05) is 6.61 Å². The maximum atomic E-state index is 5.56. The Hall–Kier alpha value is -0.321. The van der Waals surface area contributed by atoms with Gasteiger partial charge < -0.3 is 0 Å². The van der Waals surface area contributed by atoms with Gasteiger partial charge in [-0.15, -0.1) is 0 Å². The van der Waals surface area contributed by atoms with Crippen molar-refractivity contribution in [3.8, 4) is 5.88 Å². The van der Waals surface area contributed by atoms with Crippen LogP contribution < -0.4 is 8.45 Å². The molecule has 0 spiro atoms. The van der Waals surface area contributed by atoms with Gasteiger partial charge in [0.2, 0.25) is 0 Å². The summed E-state index contributed by atoms with van der Waals surface area (Å²) in [5, 5.41) is 0. The fourth-order valence-electron chi connectivity index (χ4n) is 3.01. The van der Waals surface area contributed by atoms with Crippen LogP contribution in [-0.2, 0) is 0 Å². The maximum absolute atomic E-state index is 5.56. The zero-order valence-electron chi connectivity index (χ0n) is 15.5. The van der Waals surface area contributed by atoms with Crippen LogP contribution in [0.25, 0.3) is 0 Å². The van der Waals surface area contributed by atoms with Gasteiger partial charge >= 0.3 is 153 Å². The van der Waals surface area contributed by atoms with Crippen molar-refractivity contribution >= 4 is 24.9 Å². The van der Waals surface area contributed by atoms with Gasteiger partial charge in [-0.2, -0.15) is 0 Å². The first-order chi connectivity index (χ1) is 11.2. The topological polar surface area (TPSA) is 35.0 Å². The molecule has 1 aromatic heterocycles. The Labute approximate surface area is 153 Å². The molecule has 0 bridgehead atoms. The number of nitrogens with zero attached hydrogens (tertiary/aromatic N) is 2. The fourth-order valence-corrected chi connectivity index (χ4v) is 8.01. The SMILES string of the molecule is CCCC[C](CCCC)(CCCC)[Sn][c]1cncc(OCC)n1. The van der Waals surface area contributed by atoms with Gasteiger partial charge in [-0.1, -0.05) is 0 Å². The third-order valence-electron chi connectivity index (χ3n) is 4.32. The van der Waals surface area contributed by atoms with Crippen molar-refractivity contribution in [1.82, 2.24) is 9.97 Å². The number of ether oxygens (including phenoxy) is 1. The second kappa shape index (κ2) is 12.1. The normalized spacial score (nSPS) is 11.7. The van der Waals surface area contributed by atoms with Crippen LogP contribution in [0.2, 0.25) is 3.43 Å². The van der Waals surface area contributed by atoms with Gasteiger partial charge in [0.25, 0.3) is 0 Å². The molecular formula is C19H34N2OSn. The van der Waals surface area contributed by atoms with Crippen molar-refractivity contribution in [1.29, 1.82) is 0 Å². The standard InChI is InChI=1S/C13H27.C6H7N2O.Sn/c1-4-7-10-13(11-8-5-2)12-9-6-3;1-2-9-6-5-7-3-4-8-6;/h4-12H2,1-3H3;3,5H,2H2,1H3;. The minimum atomic E-state index is -0.793. The van der Waals surface area contributed by atoms with Crippen LogP contribution in [-0.4, -0.2) is 37.7 Å². The second-order valence-electron chi connectivity index (χ2n) is 6.39. The van der Waals surface area contributed by atoms with Gasteiger partial charge in [0.15, 0.2) is 0 Å². The van der Waals surface area contributed by atoms with E-state index in [1.54, 1.807) is 6.20 Å². The molecule has 0 amide bonds. The molecule has 0 N–H and O–H groups in total. The molecule has 0 atom stereocenters. The van der Waals surface area contributed by atoms with Crippen molar-refractivity contribution in [2.24, 2.45) is 0 Å². The summed E-state index contributed by atoms with van der Waals surface area (Å²) >= 11 is -0.793. The van der Waals surface area contributed by atoms with E-state index in [4.69, 9.17) is 9.72 Å². The summed E-state index contributed by atoms with van der Waals surface area (Å²) in [5.41, 5.74) is 0. The van der Waals surface area contributed by atoms with Crippen molar-refractivity contribution in [3.05, 3.63) is 12.4 Å². The fraction of sp³-hybridized carbons (Fsp3) is 0.789. The Morgan fingerprint density at radius 1 is 0.913 bits per heavy atom. The quantitative estimate of drug-likeness (QED) is 0.421. The summed E-state index contributed by atoms with van der Waals surface area (Å²) in [5.74, 6) is 0.710. The molecule has 2 radical (unpaired) electrons. The van der Waals surface area contributed by atoms with E-state index >= 15 is 0 Å². The summed E-state index contributed by atoms with van der Waals surface area (Å²) in [6.45, 7) is 9.60. The molecule has 0 aliphatic carbocycles. The summed E-state index contributed by atoms with van der Waals surface area (Å²) in [7, 11) is 0. The molecule has 0 aliphatic heterocycles. The van der Waals surface area contributed by atoms with E-state index in [2.05, 4.69) is 25.8 Å². The molecule has 4 heteroatoms. The molecule has 0 saturated carbocycles. The second-order valence-corrected chi connectivity index (χ2v) is 11.6. The summed E-state index contributed by atoms with van der Waals surface area (Å²) in [4.78, 5) is 9.15. The molecule has 130 valence electrons. The number of aromatic nitrogens is 2. The van der Waals surface area contributed by atoms with E-state index in [0.717, 1.165) is 0 Å². The molecule has 0 unspecified atom stereocenters. The molecule has 0 aromatic carbocycles. The first-order valence-electron chi connectivity index (χ1n) is 9.42. The van der Waals surface area contributed by atoms with E-state index in [1.807, 2.05) is 13.1 Å². The predicted octanol–water partition coefficient (Wildman–Crippen LogP) is 4.93. The van der Waals surface area contributed by atoms with Crippen LogP contribution in [0.1, 0.15) is 85.5 Å². The first-order valence-corrected chi connectivity index (χ1v) is 12.3. The van der Waals surface area contributed by atoms with Crippen LogP contribution in [0.5, 0.6) is 5.88 Å². The zero-order valence-corrected chi connectivity index (χ0v) is 18.4. The summed E-state index contributed by atoms with van der Waals surface area (Å²) in [6.07, 6.45) is 15.9. The zero-order chi connectivity index (χ0) is 17.0. The molecule has 0 aliphatic rings. The van der Waals surface area contributed by atoms with Crippen LogP contribution in [0.4, 0.5) is 0 Å². The average Bonchev–Trinajstić information content (AvgIpc) is 2.57. The van der Waals surface area contributed by atoms with Crippen LogP contribution in [0.15, 0.2) is 12.4 Å². The van der Waals surface area contributed by atoms with Gasteiger partial charge in [0.1, 0.15) is 0 Å². The van der Waals surface area contributed by atoms with Crippen molar-refractivity contribution < 1.29 is 4.74 Å². The van der Waals surface area contributed by atoms with Gasteiger partial charge in [-0.3, -0.25) is 0 Å². The predicted molar refractivity (Wildman–Crippen MR) is 99.9 cm³/mol. The monoisotopic (exact) mass is 426 g/mol. The molecule has 0 saturated heterocycles. The third-order valence-corrected chi connectivity index (χ3v) is 9.40. The summed E-state index contributed by atoms with van der Waals surface area (Å²) in [6, 6.07) is 0. The van der Waals surface area contributed by atoms with E-state index < -0.39 is 21.1 Å². The first kappa shape index (κ1) is 20.7. The molecule has 3 nitrogen and oxygen atoms in total. The molecular weight excluding hydrogens is 391 g/mol. The average molecular weight is 425 g/mol. The Morgan fingerprint density at radius 3 is 1.96 bits per heavy atom. The number of hydrogen-bond donors (Lipinski definition) is 0. The van der Waals surface area contributed by atoms with E-state index in [1.165, 1.54) is 61.5 Å². The Morgan fingerprint density at radius 2 is 1.48 bits per heavy atom. The van der Waals surface area contributed by atoms with Crippen LogP contribution in [0.3, 0.4) is 0 Å². The number of unbranched alkanes of at least 4 members (excludes halogenated alkanes) is 3. The van der Waals surface area contributed by atoms with Crippen molar-refractivity contribution in [2.45, 2.75) is 88.9 Å². The third kappa shape index (κ3) is 7.86. The van der Waals surface area contributed by atoms with Crippen LogP contribution >= 0.6 is 0 Å². The number of rotatable bonds is 13. The van der Waals surface area contributed by atoms with Gasteiger partial charge in [0, 0.05) is 0 Å². The van der Waals surface area contributed by atoms with E-state index in [0.29, 0.717) is 15.9 Å². The van der Waals surface area contributed by atoms with Gasteiger partial charge in [-0.25, -0.2) is 0 Å². The molecule has 1 heterocycles. The van der Waals surface area contributed by atoms with E-state index in [9.17, 15) is 0 Å². The van der Waals surface area contributed by atoms with Gasteiger partial charge in [0.05, 0.1) is 0 Å². The summed E-state index contributed by atoms with van der Waals surface area (Å²) < 4.78 is 7.38. The molecule has 1 rings (SSSR count). The molecule has 1 aromatic rings. The molecule has 23 heavy (non-hydrogen) atoms. The molecule has 0 fully saturated rings. The number of hydrogen-bond acceptors (Lipinski definition) is 3. The Bertz CT molecular complexity index is 404. The van der Waals surface area contributed by atoms with Crippen LogP contribution in [0, 0.1) is 0 Å². The van der Waals surface area contributed by atoms with Crippen molar-refractivity contribution in [3.63, 3.8) is 0 Å². The minimum absolute atomic E-state index is 0.560. The Balaban J connectivity index is 2.92. The van der Waals surface area contributed by atoms with E-state index in [-0.39, 0.29) is 0 Å².